The number of carbonyl (C=O) groups is 1. The molecule has 1 aliphatic rings. The largest absolute Gasteiger partial charge is 0.493 e. The highest BCUT2D eigenvalue weighted by Crippen LogP contribution is 2.43. The predicted octanol–water partition coefficient (Wildman–Crippen LogP) is 2.45. The molecule has 33 heavy (non-hydrogen) atoms. The van der Waals surface area contributed by atoms with E-state index in [0.717, 1.165) is 22.0 Å². The first-order chi connectivity index (χ1) is 15.8. The highest BCUT2D eigenvalue weighted by Gasteiger charge is 2.30. The number of amides is 1. The summed E-state index contributed by atoms with van der Waals surface area (Å²) >= 11 is 0. The molecule has 4 rings (SSSR count). The average Bonchev–Trinajstić information content (AvgIpc) is 3.38. The number of aliphatic hydroxyl groups is 2. The van der Waals surface area contributed by atoms with Gasteiger partial charge in [0.2, 0.25) is 5.75 Å². The van der Waals surface area contributed by atoms with E-state index in [1.54, 1.807) is 19.1 Å². The van der Waals surface area contributed by atoms with E-state index in [-0.39, 0.29) is 19.1 Å². The van der Waals surface area contributed by atoms with Crippen LogP contribution in [0.4, 0.5) is 0 Å². The summed E-state index contributed by atoms with van der Waals surface area (Å²) in [6, 6.07) is 11.3. The fraction of sp³-hybridized carbons (Fsp3) is 0.320. The Morgan fingerprint density at radius 3 is 2.36 bits per heavy atom. The molecule has 0 radical (unpaired) electrons. The van der Waals surface area contributed by atoms with Crippen LogP contribution in [0.2, 0.25) is 0 Å². The highest BCUT2D eigenvalue weighted by molar-refractivity contribution is 6.31. The lowest BCUT2D eigenvalue weighted by atomic mass is 9.96. The molecular formula is C25H28N2O6. The van der Waals surface area contributed by atoms with Gasteiger partial charge in [0.15, 0.2) is 11.5 Å². The van der Waals surface area contributed by atoms with E-state index in [2.05, 4.69) is 5.32 Å². The van der Waals surface area contributed by atoms with Gasteiger partial charge in [0.05, 0.1) is 40.1 Å². The monoisotopic (exact) mass is 452 g/mol. The van der Waals surface area contributed by atoms with Crippen molar-refractivity contribution in [2.24, 2.45) is 0 Å². The Kier molecular flexibility index (Phi) is 6.05. The lowest BCUT2D eigenvalue weighted by Crippen LogP contribution is -2.34. The first kappa shape index (κ1) is 22.7. The molecule has 1 aromatic heterocycles. The molecule has 2 aromatic carbocycles. The molecular weight excluding hydrogens is 424 g/mol. The summed E-state index contributed by atoms with van der Waals surface area (Å²) in [7, 11) is 4.60. The van der Waals surface area contributed by atoms with Crippen LogP contribution < -0.4 is 19.5 Å². The van der Waals surface area contributed by atoms with Gasteiger partial charge in [0, 0.05) is 29.2 Å². The smallest absolute Gasteiger partial charge is 0.252 e. The van der Waals surface area contributed by atoms with Crippen LogP contribution >= 0.6 is 0 Å². The maximum absolute atomic E-state index is 13.0. The Labute approximate surface area is 192 Å². The summed E-state index contributed by atoms with van der Waals surface area (Å²) in [5.74, 6) is 1.17. The maximum atomic E-state index is 13.0. The Morgan fingerprint density at radius 1 is 1.09 bits per heavy atom. The number of aliphatic hydroxyl groups excluding tert-OH is 1. The lowest BCUT2D eigenvalue weighted by Gasteiger charge is -2.21. The number of nitrogens with zero attached hydrogens (tertiary/aromatic N) is 1. The van der Waals surface area contributed by atoms with Gasteiger partial charge in [-0.1, -0.05) is 18.2 Å². The third kappa shape index (κ3) is 4.03. The summed E-state index contributed by atoms with van der Waals surface area (Å²) < 4.78 is 18.3. The molecule has 0 saturated carbocycles. The third-order valence-corrected chi connectivity index (χ3v) is 5.87. The van der Waals surface area contributed by atoms with Crippen LogP contribution in [0, 0.1) is 0 Å². The molecule has 0 spiro atoms. The van der Waals surface area contributed by atoms with Crippen LogP contribution in [-0.2, 0) is 11.3 Å². The van der Waals surface area contributed by atoms with Crippen molar-refractivity contribution in [2.45, 2.75) is 19.1 Å². The van der Waals surface area contributed by atoms with E-state index >= 15 is 0 Å². The molecule has 0 saturated heterocycles. The summed E-state index contributed by atoms with van der Waals surface area (Å²) in [6.45, 7) is 1.78. The summed E-state index contributed by atoms with van der Waals surface area (Å²) in [4.78, 5) is 13.0. The number of benzene rings is 2. The van der Waals surface area contributed by atoms with Crippen LogP contribution in [0.25, 0.3) is 22.0 Å². The first-order valence-electron chi connectivity index (χ1n) is 10.6. The van der Waals surface area contributed by atoms with Crippen LogP contribution in [0.3, 0.4) is 0 Å². The Bertz CT molecular complexity index is 1220. The predicted molar refractivity (Wildman–Crippen MR) is 126 cm³/mol. The number of fused-ring (bicyclic) bond motifs is 1. The van der Waals surface area contributed by atoms with Gasteiger partial charge in [-0.3, -0.25) is 4.79 Å². The fourth-order valence-corrected chi connectivity index (χ4v) is 4.28. The van der Waals surface area contributed by atoms with Crippen LogP contribution in [-0.4, -0.2) is 60.8 Å². The Balaban J connectivity index is 1.94. The Hall–Kier alpha value is -3.49. The zero-order valence-corrected chi connectivity index (χ0v) is 19.1. The molecule has 1 atom stereocenters. The topological polar surface area (TPSA) is 102 Å². The minimum Gasteiger partial charge on any atom is -0.493 e. The van der Waals surface area contributed by atoms with Gasteiger partial charge in [-0.25, -0.2) is 0 Å². The van der Waals surface area contributed by atoms with Gasteiger partial charge in [-0.2, -0.15) is 0 Å². The van der Waals surface area contributed by atoms with Crippen LogP contribution in [0.5, 0.6) is 17.2 Å². The highest BCUT2D eigenvalue weighted by atomic mass is 16.5. The van der Waals surface area contributed by atoms with E-state index in [1.807, 2.05) is 35.0 Å². The number of ether oxygens (including phenoxy) is 3. The minimum atomic E-state index is -1.28. The molecule has 8 heteroatoms. The van der Waals surface area contributed by atoms with Crippen molar-refractivity contribution in [3.63, 3.8) is 0 Å². The van der Waals surface area contributed by atoms with Crippen LogP contribution in [0.15, 0.2) is 42.6 Å². The van der Waals surface area contributed by atoms with Gasteiger partial charge in [-0.15, -0.1) is 0 Å². The maximum Gasteiger partial charge on any atom is 0.252 e. The van der Waals surface area contributed by atoms with Crippen molar-refractivity contribution in [3.05, 3.63) is 53.7 Å². The minimum absolute atomic E-state index is 0.196. The zero-order chi connectivity index (χ0) is 23.8. The quantitative estimate of drug-likeness (QED) is 0.485. The summed E-state index contributed by atoms with van der Waals surface area (Å²) in [6.07, 6.45) is 1.92. The molecule has 0 aliphatic carbocycles. The van der Waals surface area contributed by atoms with Crippen molar-refractivity contribution in [1.29, 1.82) is 0 Å². The summed E-state index contributed by atoms with van der Waals surface area (Å²) in [5.41, 5.74) is 2.49. The number of methoxy groups -OCH3 is 3. The van der Waals surface area contributed by atoms with Gasteiger partial charge in [-0.05, 0) is 36.3 Å². The molecule has 1 amide bonds. The van der Waals surface area contributed by atoms with Crippen molar-refractivity contribution in [1.82, 2.24) is 9.88 Å². The van der Waals surface area contributed by atoms with Gasteiger partial charge >= 0.3 is 0 Å². The van der Waals surface area contributed by atoms with Crippen LogP contribution in [0.1, 0.15) is 18.1 Å². The second kappa shape index (κ2) is 8.80. The van der Waals surface area contributed by atoms with Gasteiger partial charge in [0.1, 0.15) is 5.60 Å². The number of hydrogen-bond donors (Lipinski definition) is 3. The van der Waals surface area contributed by atoms with Gasteiger partial charge < -0.3 is 34.3 Å². The van der Waals surface area contributed by atoms with E-state index in [4.69, 9.17) is 14.2 Å². The van der Waals surface area contributed by atoms with Gasteiger partial charge in [0.25, 0.3) is 5.91 Å². The van der Waals surface area contributed by atoms with Crippen molar-refractivity contribution in [3.8, 4) is 17.2 Å². The number of aromatic nitrogens is 1. The SMILES string of the molecule is COc1cc(C2=C(c3cn(CC(C)(O)CO)c4ccccc34)CNC2=O)cc(OC)c1OC. The lowest BCUT2D eigenvalue weighted by molar-refractivity contribution is -0.114. The standard InChI is InChI=1S/C25H28N2O6/c1-25(30,14-28)13-27-12-18(16-7-5-6-8-19(16)27)17-11-26-24(29)22(17)15-9-20(31-2)23(33-4)21(10-15)32-3/h5-10,12,28,30H,11,13-14H2,1-4H3,(H,26,29). The number of rotatable bonds is 8. The molecule has 2 heterocycles. The second-order valence-electron chi connectivity index (χ2n) is 8.29. The number of nitrogens with one attached hydrogen (secondary N) is 1. The van der Waals surface area contributed by atoms with Crippen molar-refractivity contribution in [2.75, 3.05) is 34.5 Å². The first-order valence-corrected chi connectivity index (χ1v) is 10.6. The number of carbonyl (C=O) groups excluding carboxylic acids is 1. The molecule has 8 nitrogen and oxygen atoms in total. The molecule has 3 N–H and O–H groups in total. The molecule has 0 fully saturated rings. The van der Waals surface area contributed by atoms with E-state index < -0.39 is 5.60 Å². The van der Waals surface area contributed by atoms with Crippen molar-refractivity contribution < 1.29 is 29.2 Å². The summed E-state index contributed by atoms with van der Waals surface area (Å²) in [5, 5.41) is 23.9. The zero-order valence-electron chi connectivity index (χ0n) is 19.1. The number of para-hydroxylation sites is 1. The Morgan fingerprint density at radius 2 is 1.76 bits per heavy atom. The normalized spacial score (nSPS) is 15.5. The fourth-order valence-electron chi connectivity index (χ4n) is 4.28. The molecule has 1 unspecified atom stereocenters. The van der Waals surface area contributed by atoms with E-state index in [1.165, 1.54) is 21.3 Å². The molecule has 1 aliphatic heterocycles. The average molecular weight is 453 g/mol. The van der Waals surface area contributed by atoms with E-state index in [0.29, 0.717) is 34.9 Å². The van der Waals surface area contributed by atoms with Crippen molar-refractivity contribution >= 4 is 28.0 Å². The molecule has 0 bridgehead atoms. The molecule has 3 aromatic rings. The number of hydrogen-bond acceptors (Lipinski definition) is 6. The molecule has 174 valence electrons. The second-order valence-corrected chi connectivity index (χ2v) is 8.29. The van der Waals surface area contributed by atoms with E-state index in [9.17, 15) is 15.0 Å². The third-order valence-electron chi connectivity index (χ3n) is 5.87.